The van der Waals surface area contributed by atoms with Gasteiger partial charge in [0.25, 0.3) is 0 Å². The van der Waals surface area contributed by atoms with Gasteiger partial charge in [-0.25, -0.2) is 8.42 Å². The number of nitrogens with one attached hydrogen (secondary N) is 1. The molecule has 0 aliphatic carbocycles. The lowest BCUT2D eigenvalue weighted by molar-refractivity contribution is -0.135. The maximum Gasteiger partial charge on any atom is 0.241 e. The van der Waals surface area contributed by atoms with Gasteiger partial charge in [-0.15, -0.1) is 0 Å². The normalized spacial score (nSPS) is 16.1. The van der Waals surface area contributed by atoms with Crippen LogP contribution < -0.4 is 14.2 Å². The van der Waals surface area contributed by atoms with Crippen molar-refractivity contribution in [3.63, 3.8) is 0 Å². The molecule has 0 spiro atoms. The lowest BCUT2D eigenvalue weighted by atomic mass is 9.96. The quantitative estimate of drug-likeness (QED) is 0.621. The third kappa shape index (κ3) is 6.23. The average molecular weight is 461 g/mol. The third-order valence-corrected chi connectivity index (χ3v) is 7.20. The zero-order valence-corrected chi connectivity index (χ0v) is 19.7. The van der Waals surface area contributed by atoms with Gasteiger partial charge in [0.05, 0.1) is 18.6 Å². The van der Waals surface area contributed by atoms with Crippen molar-refractivity contribution in [1.29, 1.82) is 0 Å². The molecule has 174 valence electrons. The molecular formula is C24H32N2O5S. The van der Waals surface area contributed by atoms with Crippen LogP contribution in [0.5, 0.6) is 11.5 Å². The number of ether oxygens (including phenoxy) is 2. The lowest BCUT2D eigenvalue weighted by Crippen LogP contribution is -2.53. The van der Waals surface area contributed by atoms with Crippen molar-refractivity contribution in [2.24, 2.45) is 11.8 Å². The van der Waals surface area contributed by atoms with Gasteiger partial charge in [-0.2, -0.15) is 4.72 Å². The molecule has 1 aliphatic heterocycles. The number of sulfonamides is 1. The van der Waals surface area contributed by atoms with Crippen LogP contribution in [0.4, 0.5) is 0 Å². The molecule has 32 heavy (non-hydrogen) atoms. The van der Waals surface area contributed by atoms with Gasteiger partial charge < -0.3 is 14.4 Å². The molecule has 1 aliphatic rings. The standard InChI is InChI=1S/C24H32N2O5S/c1-18(2)23(25-32(28,29)22-11-9-20(30-3)10-12-22)24(27)26-15-13-19(14-16-26)17-31-21-7-5-4-6-8-21/h4-12,18-19,23,25H,13-17H2,1-3H3/t23-/m0/s1. The number of likely N-dealkylation sites (tertiary alicyclic amines) is 1. The smallest absolute Gasteiger partial charge is 0.241 e. The summed E-state index contributed by atoms with van der Waals surface area (Å²) < 4.78 is 39.3. The summed E-state index contributed by atoms with van der Waals surface area (Å²) in [5.74, 6) is 1.42. The molecule has 3 rings (SSSR count). The van der Waals surface area contributed by atoms with Gasteiger partial charge >= 0.3 is 0 Å². The molecule has 1 amide bonds. The predicted octanol–water partition coefficient (Wildman–Crippen LogP) is 3.32. The van der Waals surface area contributed by atoms with Crippen molar-refractivity contribution in [2.45, 2.75) is 37.6 Å². The number of methoxy groups -OCH3 is 1. The highest BCUT2D eigenvalue weighted by atomic mass is 32.2. The Morgan fingerprint density at radius 2 is 1.66 bits per heavy atom. The molecule has 0 saturated carbocycles. The Bertz CT molecular complexity index is 969. The van der Waals surface area contributed by atoms with Gasteiger partial charge in [-0.3, -0.25) is 4.79 Å². The molecule has 2 aromatic rings. The fraction of sp³-hybridized carbons (Fsp3) is 0.458. The third-order valence-electron chi connectivity index (χ3n) is 5.74. The van der Waals surface area contributed by atoms with Crippen molar-refractivity contribution < 1.29 is 22.7 Å². The summed E-state index contributed by atoms with van der Waals surface area (Å²) in [7, 11) is -2.32. The highest BCUT2D eigenvalue weighted by Gasteiger charge is 2.33. The lowest BCUT2D eigenvalue weighted by Gasteiger charge is -2.35. The van der Waals surface area contributed by atoms with Gasteiger partial charge in [-0.05, 0) is 61.1 Å². The fourth-order valence-corrected chi connectivity index (χ4v) is 5.05. The number of hydrogen-bond donors (Lipinski definition) is 1. The van der Waals surface area contributed by atoms with Gasteiger partial charge in [-0.1, -0.05) is 32.0 Å². The molecule has 0 bridgehead atoms. The molecule has 8 heteroatoms. The SMILES string of the molecule is COc1ccc(S(=O)(=O)N[C@H](C(=O)N2CCC(COc3ccccc3)CC2)C(C)C)cc1. The molecular weight excluding hydrogens is 428 g/mol. The van der Waals surface area contributed by atoms with Crippen molar-refractivity contribution in [3.8, 4) is 11.5 Å². The van der Waals surface area contributed by atoms with E-state index in [1.165, 1.54) is 19.2 Å². The largest absolute Gasteiger partial charge is 0.497 e. The number of nitrogens with zero attached hydrogens (tertiary/aromatic N) is 1. The van der Waals surface area contributed by atoms with E-state index in [0.717, 1.165) is 18.6 Å². The minimum atomic E-state index is -3.84. The van der Waals surface area contributed by atoms with Crippen LogP contribution in [0.3, 0.4) is 0 Å². The minimum Gasteiger partial charge on any atom is -0.497 e. The Morgan fingerprint density at radius 3 is 2.22 bits per heavy atom. The van der Waals surface area contributed by atoms with Crippen molar-refractivity contribution in [3.05, 3.63) is 54.6 Å². The zero-order valence-electron chi connectivity index (χ0n) is 18.9. The second-order valence-corrected chi connectivity index (χ2v) is 10.1. The van der Waals surface area contributed by atoms with Gasteiger partial charge in [0.2, 0.25) is 15.9 Å². The first kappa shape index (κ1) is 24.1. The highest BCUT2D eigenvalue weighted by Crippen LogP contribution is 2.22. The van der Waals surface area contributed by atoms with E-state index in [-0.39, 0.29) is 16.7 Å². The number of rotatable bonds is 9. The summed E-state index contributed by atoms with van der Waals surface area (Å²) in [5.41, 5.74) is 0. The second-order valence-electron chi connectivity index (χ2n) is 8.41. The van der Waals surface area contributed by atoms with E-state index < -0.39 is 16.1 Å². The molecule has 1 atom stereocenters. The van der Waals surface area contributed by atoms with E-state index in [0.29, 0.717) is 31.4 Å². The van der Waals surface area contributed by atoms with Crippen molar-refractivity contribution in [1.82, 2.24) is 9.62 Å². The molecule has 1 N–H and O–H groups in total. The molecule has 1 heterocycles. The fourth-order valence-electron chi connectivity index (χ4n) is 3.71. The maximum atomic E-state index is 13.2. The molecule has 1 fully saturated rings. The predicted molar refractivity (Wildman–Crippen MR) is 123 cm³/mol. The number of hydrogen-bond acceptors (Lipinski definition) is 5. The summed E-state index contributed by atoms with van der Waals surface area (Å²) >= 11 is 0. The van der Waals surface area contributed by atoms with Gasteiger partial charge in [0.1, 0.15) is 17.5 Å². The molecule has 7 nitrogen and oxygen atoms in total. The summed E-state index contributed by atoms with van der Waals surface area (Å²) in [5, 5.41) is 0. The van der Waals surface area contributed by atoms with Crippen LogP contribution in [0, 0.1) is 11.8 Å². The Morgan fingerprint density at radius 1 is 1.03 bits per heavy atom. The Hall–Kier alpha value is -2.58. The van der Waals surface area contributed by atoms with Crippen molar-refractivity contribution >= 4 is 15.9 Å². The molecule has 0 unspecified atom stereocenters. The summed E-state index contributed by atoms with van der Waals surface area (Å²) in [6.07, 6.45) is 1.66. The van der Waals surface area contributed by atoms with E-state index >= 15 is 0 Å². The van der Waals surface area contributed by atoms with E-state index in [2.05, 4.69) is 4.72 Å². The Labute approximate surface area is 190 Å². The molecule has 0 radical (unpaired) electrons. The summed E-state index contributed by atoms with van der Waals surface area (Å²) in [4.78, 5) is 15.1. The maximum absolute atomic E-state index is 13.2. The first-order valence-corrected chi connectivity index (χ1v) is 12.4. The Balaban J connectivity index is 1.58. The number of para-hydroxylation sites is 1. The molecule has 1 saturated heterocycles. The number of amides is 1. The average Bonchev–Trinajstić information content (AvgIpc) is 2.81. The van der Waals surface area contributed by atoms with E-state index in [1.807, 2.05) is 44.2 Å². The monoisotopic (exact) mass is 460 g/mol. The van der Waals surface area contributed by atoms with Crippen LogP contribution >= 0.6 is 0 Å². The first-order valence-electron chi connectivity index (χ1n) is 10.9. The number of benzene rings is 2. The number of piperidine rings is 1. The van der Waals surface area contributed by atoms with Crippen LogP contribution in [0.1, 0.15) is 26.7 Å². The van der Waals surface area contributed by atoms with E-state index in [1.54, 1.807) is 17.0 Å². The van der Waals surface area contributed by atoms with Crippen LogP contribution in [0.2, 0.25) is 0 Å². The molecule has 2 aromatic carbocycles. The summed E-state index contributed by atoms with van der Waals surface area (Å²) in [6.45, 7) is 5.49. The van der Waals surface area contributed by atoms with Crippen LogP contribution in [-0.2, 0) is 14.8 Å². The van der Waals surface area contributed by atoms with Crippen molar-refractivity contribution in [2.75, 3.05) is 26.8 Å². The first-order chi connectivity index (χ1) is 15.3. The van der Waals surface area contributed by atoms with Crippen LogP contribution in [-0.4, -0.2) is 52.1 Å². The minimum absolute atomic E-state index is 0.105. The van der Waals surface area contributed by atoms with E-state index in [9.17, 15) is 13.2 Å². The summed E-state index contributed by atoms with van der Waals surface area (Å²) in [6, 6.07) is 15.0. The van der Waals surface area contributed by atoms with E-state index in [4.69, 9.17) is 9.47 Å². The number of carbonyl (C=O) groups excluding carboxylic acids is 1. The second kappa shape index (κ2) is 10.8. The zero-order chi connectivity index (χ0) is 23.1. The van der Waals surface area contributed by atoms with Crippen LogP contribution in [0.25, 0.3) is 0 Å². The Kier molecular flexibility index (Phi) is 8.15. The van der Waals surface area contributed by atoms with Gasteiger partial charge in [0, 0.05) is 13.1 Å². The van der Waals surface area contributed by atoms with Crippen LogP contribution in [0.15, 0.2) is 59.5 Å². The topological polar surface area (TPSA) is 84.9 Å². The number of carbonyl (C=O) groups is 1. The van der Waals surface area contributed by atoms with Gasteiger partial charge in [0.15, 0.2) is 0 Å². The highest BCUT2D eigenvalue weighted by molar-refractivity contribution is 7.89. The molecule has 0 aromatic heterocycles.